The molecule has 1 aromatic heterocycles. The van der Waals surface area contributed by atoms with Crippen molar-refractivity contribution >= 4 is 5.95 Å². The lowest BCUT2D eigenvalue weighted by Gasteiger charge is -2.44. The number of hydrogen-bond donors (Lipinski definition) is 1. The molecule has 7 nitrogen and oxygen atoms in total. The van der Waals surface area contributed by atoms with Gasteiger partial charge in [-0.15, -0.1) is 0 Å². The van der Waals surface area contributed by atoms with E-state index < -0.39 is 0 Å². The molecular formula is C16H24N4O3. The first-order valence-corrected chi connectivity index (χ1v) is 8.43. The molecule has 3 aliphatic heterocycles. The third kappa shape index (κ3) is 3.06. The molecule has 1 atom stereocenters. The standard InChI is InChI=1S/C16H24N4O3/c17-15-18-9-12-1-6-23-16(14(12)19-15)2-4-20(5-3-16)10-13-11-21-7-8-22-13/h9,13H,1-8,10-11H2,(H2,17,18,19). The van der Waals surface area contributed by atoms with E-state index in [0.29, 0.717) is 25.8 Å². The Morgan fingerprint density at radius 3 is 2.91 bits per heavy atom. The van der Waals surface area contributed by atoms with Crippen LogP contribution in [0.3, 0.4) is 0 Å². The molecule has 0 saturated carbocycles. The summed E-state index contributed by atoms with van der Waals surface area (Å²) >= 11 is 0. The van der Waals surface area contributed by atoms with Gasteiger partial charge in [-0.25, -0.2) is 9.97 Å². The average molecular weight is 320 g/mol. The van der Waals surface area contributed by atoms with Gasteiger partial charge in [0.15, 0.2) is 0 Å². The van der Waals surface area contributed by atoms with Crippen LogP contribution in [0.5, 0.6) is 0 Å². The number of piperidine rings is 1. The van der Waals surface area contributed by atoms with Crippen LogP contribution < -0.4 is 5.73 Å². The zero-order valence-corrected chi connectivity index (χ0v) is 13.4. The Balaban J connectivity index is 1.44. The maximum atomic E-state index is 6.20. The van der Waals surface area contributed by atoms with Crippen LogP contribution in [0.2, 0.25) is 0 Å². The molecule has 0 radical (unpaired) electrons. The van der Waals surface area contributed by atoms with E-state index in [4.69, 9.17) is 19.9 Å². The maximum absolute atomic E-state index is 6.20. The van der Waals surface area contributed by atoms with E-state index in [1.807, 2.05) is 6.20 Å². The third-order valence-corrected chi connectivity index (χ3v) is 5.08. The number of fused-ring (bicyclic) bond motifs is 2. The summed E-state index contributed by atoms with van der Waals surface area (Å²) in [6.45, 7) is 5.73. The van der Waals surface area contributed by atoms with Crippen LogP contribution >= 0.6 is 0 Å². The minimum Gasteiger partial charge on any atom is -0.376 e. The molecule has 1 spiro atoms. The van der Waals surface area contributed by atoms with Crippen LogP contribution in [-0.2, 0) is 26.2 Å². The largest absolute Gasteiger partial charge is 0.376 e. The zero-order chi connectivity index (χ0) is 15.7. The van der Waals surface area contributed by atoms with Crippen LogP contribution in [0.25, 0.3) is 0 Å². The Bertz CT molecular complexity index is 554. The number of nitrogens with zero attached hydrogens (tertiary/aromatic N) is 3. The molecule has 4 heterocycles. The third-order valence-electron chi connectivity index (χ3n) is 5.08. The molecule has 2 saturated heterocycles. The number of likely N-dealkylation sites (tertiary alicyclic amines) is 1. The SMILES string of the molecule is Nc1ncc2c(n1)C1(CCN(CC3COCCO3)CC1)OCC2. The Morgan fingerprint density at radius 2 is 2.13 bits per heavy atom. The predicted octanol–water partition coefficient (Wildman–Crippen LogP) is 0.338. The summed E-state index contributed by atoms with van der Waals surface area (Å²) in [6.07, 6.45) is 4.79. The van der Waals surface area contributed by atoms with Gasteiger partial charge in [0, 0.05) is 25.8 Å². The molecule has 0 amide bonds. The molecule has 0 aliphatic carbocycles. The fourth-order valence-electron chi connectivity index (χ4n) is 3.83. The van der Waals surface area contributed by atoms with Gasteiger partial charge in [0.1, 0.15) is 5.60 Å². The van der Waals surface area contributed by atoms with Crippen LogP contribution in [0.1, 0.15) is 24.1 Å². The second-order valence-electron chi connectivity index (χ2n) is 6.56. The predicted molar refractivity (Wildman–Crippen MR) is 84.0 cm³/mol. The van der Waals surface area contributed by atoms with Crippen LogP contribution in [0, 0.1) is 0 Å². The van der Waals surface area contributed by atoms with Gasteiger partial charge in [-0.3, -0.25) is 0 Å². The minimum absolute atomic E-state index is 0.190. The molecule has 2 fully saturated rings. The number of ether oxygens (including phenoxy) is 3. The summed E-state index contributed by atoms with van der Waals surface area (Å²) in [7, 11) is 0. The van der Waals surface area contributed by atoms with Crippen molar-refractivity contribution in [1.82, 2.24) is 14.9 Å². The fourth-order valence-corrected chi connectivity index (χ4v) is 3.83. The van der Waals surface area contributed by atoms with E-state index in [2.05, 4.69) is 14.9 Å². The smallest absolute Gasteiger partial charge is 0.220 e. The molecule has 23 heavy (non-hydrogen) atoms. The molecule has 3 aliphatic rings. The van der Waals surface area contributed by atoms with Gasteiger partial charge in [0.25, 0.3) is 0 Å². The molecule has 0 bridgehead atoms. The molecule has 0 aromatic carbocycles. The first-order valence-electron chi connectivity index (χ1n) is 8.43. The van der Waals surface area contributed by atoms with Crippen molar-refractivity contribution in [3.8, 4) is 0 Å². The number of nitrogen functional groups attached to an aromatic ring is 1. The van der Waals surface area contributed by atoms with Gasteiger partial charge in [-0.2, -0.15) is 0 Å². The lowest BCUT2D eigenvalue weighted by Crippen LogP contribution is -2.50. The van der Waals surface area contributed by atoms with Crippen molar-refractivity contribution in [3.63, 3.8) is 0 Å². The van der Waals surface area contributed by atoms with Crippen molar-refractivity contribution in [2.75, 3.05) is 51.8 Å². The number of nitrogens with two attached hydrogens (primary N) is 1. The first kappa shape index (κ1) is 15.3. The van der Waals surface area contributed by atoms with E-state index in [1.165, 1.54) is 5.56 Å². The normalized spacial score (nSPS) is 27.7. The van der Waals surface area contributed by atoms with Gasteiger partial charge >= 0.3 is 0 Å². The number of aromatic nitrogens is 2. The van der Waals surface area contributed by atoms with Crippen molar-refractivity contribution in [2.24, 2.45) is 0 Å². The second kappa shape index (κ2) is 6.32. The number of hydrogen-bond acceptors (Lipinski definition) is 7. The monoisotopic (exact) mass is 320 g/mol. The van der Waals surface area contributed by atoms with Gasteiger partial charge in [-0.1, -0.05) is 0 Å². The summed E-state index contributed by atoms with van der Waals surface area (Å²) in [6, 6.07) is 0. The second-order valence-corrected chi connectivity index (χ2v) is 6.56. The maximum Gasteiger partial charge on any atom is 0.220 e. The van der Waals surface area contributed by atoms with E-state index in [9.17, 15) is 0 Å². The van der Waals surface area contributed by atoms with E-state index in [0.717, 1.165) is 51.2 Å². The molecule has 2 N–H and O–H groups in total. The molecular weight excluding hydrogens is 296 g/mol. The summed E-state index contributed by atoms with van der Waals surface area (Å²) in [5.74, 6) is 0.337. The lowest BCUT2D eigenvalue weighted by molar-refractivity contribution is -0.122. The van der Waals surface area contributed by atoms with E-state index in [-0.39, 0.29) is 11.7 Å². The summed E-state index contributed by atoms with van der Waals surface area (Å²) < 4.78 is 17.4. The molecule has 126 valence electrons. The van der Waals surface area contributed by atoms with Crippen molar-refractivity contribution in [3.05, 3.63) is 17.5 Å². The summed E-state index contributed by atoms with van der Waals surface area (Å²) in [5, 5.41) is 0. The highest BCUT2D eigenvalue weighted by molar-refractivity contribution is 5.32. The van der Waals surface area contributed by atoms with Gasteiger partial charge in [0.2, 0.25) is 5.95 Å². The quantitative estimate of drug-likeness (QED) is 0.841. The minimum atomic E-state index is -0.287. The van der Waals surface area contributed by atoms with Gasteiger partial charge in [-0.05, 0) is 24.8 Å². The summed E-state index contributed by atoms with van der Waals surface area (Å²) in [4.78, 5) is 11.1. The van der Waals surface area contributed by atoms with Crippen LogP contribution in [-0.4, -0.2) is 67.0 Å². The van der Waals surface area contributed by atoms with Crippen LogP contribution in [0.15, 0.2) is 6.20 Å². The Morgan fingerprint density at radius 1 is 1.26 bits per heavy atom. The Labute approximate surface area is 136 Å². The lowest BCUT2D eigenvalue weighted by atomic mass is 9.83. The van der Waals surface area contributed by atoms with Crippen molar-refractivity contribution in [2.45, 2.75) is 31.0 Å². The highest BCUT2D eigenvalue weighted by Gasteiger charge is 2.42. The Kier molecular flexibility index (Phi) is 4.19. The Hall–Kier alpha value is -1.28. The molecule has 1 aromatic rings. The van der Waals surface area contributed by atoms with Crippen molar-refractivity contribution < 1.29 is 14.2 Å². The number of anilines is 1. The molecule has 1 unspecified atom stereocenters. The molecule has 4 rings (SSSR count). The van der Waals surface area contributed by atoms with E-state index >= 15 is 0 Å². The fraction of sp³-hybridized carbons (Fsp3) is 0.750. The van der Waals surface area contributed by atoms with E-state index in [1.54, 1.807) is 0 Å². The topological polar surface area (TPSA) is 82.7 Å². The van der Waals surface area contributed by atoms with Gasteiger partial charge < -0.3 is 24.8 Å². The average Bonchev–Trinajstić information content (AvgIpc) is 2.59. The highest BCUT2D eigenvalue weighted by atomic mass is 16.6. The van der Waals surface area contributed by atoms with Gasteiger partial charge in [0.05, 0.1) is 38.2 Å². The first-order chi connectivity index (χ1) is 11.3. The van der Waals surface area contributed by atoms with Crippen LogP contribution in [0.4, 0.5) is 5.95 Å². The highest BCUT2D eigenvalue weighted by Crippen LogP contribution is 2.40. The summed E-state index contributed by atoms with van der Waals surface area (Å²) in [5.41, 5.74) is 7.71. The van der Waals surface area contributed by atoms with Crippen molar-refractivity contribution in [1.29, 1.82) is 0 Å². The molecule has 7 heteroatoms. The number of rotatable bonds is 2. The zero-order valence-electron chi connectivity index (χ0n) is 13.4.